The fraction of sp³-hybridized carbons (Fsp3) is 0.136. The number of hydrogen-bond acceptors (Lipinski definition) is 3. The van der Waals surface area contributed by atoms with E-state index >= 15 is 0 Å². The zero-order valence-electron chi connectivity index (χ0n) is 15.0. The minimum absolute atomic E-state index is 0.455. The highest BCUT2D eigenvalue weighted by Crippen LogP contribution is 2.27. The quantitative estimate of drug-likeness (QED) is 0.547. The van der Waals surface area contributed by atoms with Crippen LogP contribution in [0.2, 0.25) is 0 Å². The largest absolute Gasteiger partial charge is 0.425 e. The average Bonchev–Trinajstić information content (AvgIpc) is 3.11. The number of aromatic nitrogens is 2. The predicted molar refractivity (Wildman–Crippen MR) is 106 cm³/mol. The molecular weight excluding hydrogens is 340 g/mol. The third-order valence-corrected chi connectivity index (χ3v) is 4.72. The summed E-state index contributed by atoms with van der Waals surface area (Å²) in [6.45, 7) is 1.41. The third-order valence-electron chi connectivity index (χ3n) is 4.72. The van der Waals surface area contributed by atoms with Gasteiger partial charge in [0.2, 0.25) is 0 Å². The van der Waals surface area contributed by atoms with Crippen LogP contribution in [-0.2, 0) is 11.3 Å². The van der Waals surface area contributed by atoms with Gasteiger partial charge in [-0.2, -0.15) is 0 Å². The predicted octanol–water partition coefficient (Wildman–Crippen LogP) is 4.02. The minimum atomic E-state index is -0.455. The summed E-state index contributed by atoms with van der Waals surface area (Å²) in [6.07, 6.45) is 2.01. The second kappa shape index (κ2) is 7.13. The molecule has 2 aromatic heterocycles. The molecular formula is C22H20N2O3. The Morgan fingerprint density at radius 3 is 2.52 bits per heavy atom. The molecule has 5 heteroatoms. The molecule has 4 aromatic rings. The Bertz CT molecular complexity index is 1140. The fourth-order valence-corrected chi connectivity index (χ4v) is 3.31. The summed E-state index contributed by atoms with van der Waals surface area (Å²) < 4.78 is 7.97. The van der Waals surface area contributed by atoms with Gasteiger partial charge in [0.25, 0.3) is 5.56 Å². The van der Waals surface area contributed by atoms with Crippen molar-refractivity contribution in [2.75, 3.05) is 13.7 Å². The van der Waals surface area contributed by atoms with E-state index in [0.717, 1.165) is 34.1 Å². The lowest BCUT2D eigenvalue weighted by Gasteiger charge is -2.10. The van der Waals surface area contributed by atoms with Crippen LogP contribution in [0.3, 0.4) is 0 Å². The molecule has 136 valence electrons. The standard InChI is InChI=1S/C22H20N2O3/c1-27-12-11-23-10-9-18-13-17(7-8-20(18)23)21-14-19(15-22(25)24(21)26)16-5-3-2-4-6-16/h2-10,13-15,26H,11-12H2,1H3. The van der Waals surface area contributed by atoms with Crippen LogP contribution < -0.4 is 5.56 Å². The zero-order valence-corrected chi connectivity index (χ0v) is 15.0. The number of rotatable bonds is 5. The van der Waals surface area contributed by atoms with Crippen molar-refractivity contribution in [3.63, 3.8) is 0 Å². The number of ether oxygens (including phenoxy) is 1. The molecule has 0 aliphatic carbocycles. The van der Waals surface area contributed by atoms with E-state index in [1.54, 1.807) is 7.11 Å². The van der Waals surface area contributed by atoms with Crippen molar-refractivity contribution in [3.8, 4) is 22.4 Å². The van der Waals surface area contributed by atoms with Gasteiger partial charge in [-0.05, 0) is 35.4 Å². The van der Waals surface area contributed by atoms with E-state index in [0.29, 0.717) is 17.0 Å². The van der Waals surface area contributed by atoms with Crippen LogP contribution in [0, 0.1) is 0 Å². The van der Waals surface area contributed by atoms with Crippen molar-refractivity contribution >= 4 is 10.9 Å². The van der Waals surface area contributed by atoms with Crippen molar-refractivity contribution in [3.05, 3.63) is 83.3 Å². The summed E-state index contributed by atoms with van der Waals surface area (Å²) in [4.78, 5) is 12.3. The first-order chi connectivity index (χ1) is 13.2. The van der Waals surface area contributed by atoms with Crippen LogP contribution in [0.25, 0.3) is 33.3 Å². The lowest BCUT2D eigenvalue weighted by molar-refractivity contribution is 0.180. The molecule has 2 aromatic carbocycles. The molecule has 0 spiro atoms. The van der Waals surface area contributed by atoms with E-state index in [2.05, 4.69) is 4.57 Å². The summed E-state index contributed by atoms with van der Waals surface area (Å²) in [6, 6.07) is 20.9. The van der Waals surface area contributed by atoms with E-state index in [9.17, 15) is 10.0 Å². The Hall–Kier alpha value is -3.31. The highest BCUT2D eigenvalue weighted by molar-refractivity contribution is 5.85. The van der Waals surface area contributed by atoms with Crippen LogP contribution >= 0.6 is 0 Å². The summed E-state index contributed by atoms with van der Waals surface area (Å²) in [5.74, 6) is 0. The Labute approximate surface area is 156 Å². The topological polar surface area (TPSA) is 56.4 Å². The zero-order chi connectivity index (χ0) is 18.8. The van der Waals surface area contributed by atoms with Gasteiger partial charge in [0.15, 0.2) is 0 Å². The molecule has 0 aliphatic heterocycles. The maximum absolute atomic E-state index is 12.3. The first kappa shape index (κ1) is 17.1. The van der Waals surface area contributed by atoms with Crippen molar-refractivity contribution in [1.82, 2.24) is 9.30 Å². The molecule has 0 amide bonds. The van der Waals surface area contributed by atoms with E-state index in [1.165, 1.54) is 6.07 Å². The number of hydrogen-bond donors (Lipinski definition) is 1. The molecule has 2 heterocycles. The lowest BCUT2D eigenvalue weighted by atomic mass is 10.0. The van der Waals surface area contributed by atoms with Gasteiger partial charge in [-0.15, -0.1) is 4.73 Å². The molecule has 0 fully saturated rings. The van der Waals surface area contributed by atoms with E-state index in [4.69, 9.17) is 4.74 Å². The van der Waals surface area contributed by atoms with Crippen molar-refractivity contribution in [2.45, 2.75) is 6.54 Å². The fourth-order valence-electron chi connectivity index (χ4n) is 3.31. The molecule has 27 heavy (non-hydrogen) atoms. The SMILES string of the molecule is COCCn1ccc2cc(-c3cc(-c4ccccc4)cc(=O)n3O)ccc21. The van der Waals surface area contributed by atoms with Gasteiger partial charge in [-0.3, -0.25) is 4.79 Å². The Morgan fingerprint density at radius 2 is 1.74 bits per heavy atom. The summed E-state index contributed by atoms with van der Waals surface area (Å²) in [5.41, 5.74) is 3.59. The number of benzene rings is 2. The van der Waals surface area contributed by atoms with E-state index < -0.39 is 5.56 Å². The summed E-state index contributed by atoms with van der Waals surface area (Å²) >= 11 is 0. The Balaban J connectivity index is 1.81. The number of methoxy groups -OCH3 is 1. The first-order valence-electron chi connectivity index (χ1n) is 8.77. The molecule has 1 N–H and O–H groups in total. The second-order valence-electron chi connectivity index (χ2n) is 6.42. The molecule has 0 saturated heterocycles. The number of fused-ring (bicyclic) bond motifs is 1. The van der Waals surface area contributed by atoms with Crippen molar-refractivity contribution < 1.29 is 9.94 Å². The molecule has 0 unspecified atom stereocenters. The van der Waals surface area contributed by atoms with Gasteiger partial charge in [0.1, 0.15) is 0 Å². The van der Waals surface area contributed by atoms with Crippen LogP contribution in [0.4, 0.5) is 0 Å². The van der Waals surface area contributed by atoms with Gasteiger partial charge in [-0.25, -0.2) is 0 Å². The van der Waals surface area contributed by atoms with Crippen molar-refractivity contribution in [2.24, 2.45) is 0 Å². The van der Waals surface area contributed by atoms with Gasteiger partial charge in [0, 0.05) is 42.4 Å². The van der Waals surface area contributed by atoms with Gasteiger partial charge in [-0.1, -0.05) is 36.4 Å². The molecule has 0 radical (unpaired) electrons. The molecule has 4 rings (SSSR count). The molecule has 0 saturated carbocycles. The Morgan fingerprint density at radius 1 is 0.926 bits per heavy atom. The lowest BCUT2D eigenvalue weighted by Crippen LogP contribution is -2.18. The summed E-state index contributed by atoms with van der Waals surface area (Å²) in [7, 11) is 1.68. The highest BCUT2D eigenvalue weighted by atomic mass is 16.5. The smallest absolute Gasteiger partial charge is 0.283 e. The molecule has 5 nitrogen and oxygen atoms in total. The summed E-state index contributed by atoms with van der Waals surface area (Å²) in [5, 5.41) is 11.3. The monoisotopic (exact) mass is 360 g/mol. The highest BCUT2D eigenvalue weighted by Gasteiger charge is 2.11. The number of pyridine rings is 1. The normalized spacial score (nSPS) is 11.1. The second-order valence-corrected chi connectivity index (χ2v) is 6.42. The molecule has 0 aliphatic rings. The molecule has 0 atom stereocenters. The van der Waals surface area contributed by atoms with Crippen LogP contribution in [-0.4, -0.2) is 28.2 Å². The van der Waals surface area contributed by atoms with E-state index in [1.807, 2.05) is 66.9 Å². The van der Waals surface area contributed by atoms with E-state index in [-0.39, 0.29) is 0 Å². The Kier molecular flexibility index (Phi) is 4.52. The first-order valence-corrected chi connectivity index (χ1v) is 8.77. The number of nitrogens with zero attached hydrogens (tertiary/aromatic N) is 2. The third kappa shape index (κ3) is 3.25. The minimum Gasteiger partial charge on any atom is -0.425 e. The molecule has 0 bridgehead atoms. The van der Waals surface area contributed by atoms with Crippen LogP contribution in [0.1, 0.15) is 0 Å². The van der Waals surface area contributed by atoms with Crippen LogP contribution in [0.5, 0.6) is 0 Å². The van der Waals surface area contributed by atoms with Gasteiger partial charge < -0.3 is 14.5 Å². The van der Waals surface area contributed by atoms with Crippen molar-refractivity contribution in [1.29, 1.82) is 0 Å². The van der Waals surface area contributed by atoms with Gasteiger partial charge >= 0.3 is 0 Å². The average molecular weight is 360 g/mol. The maximum Gasteiger partial charge on any atom is 0.283 e. The maximum atomic E-state index is 12.3. The van der Waals surface area contributed by atoms with Crippen LogP contribution in [0.15, 0.2) is 77.7 Å². The van der Waals surface area contributed by atoms with Gasteiger partial charge in [0.05, 0.1) is 12.3 Å².